The van der Waals surface area contributed by atoms with Gasteiger partial charge in [-0.3, -0.25) is 9.79 Å². The maximum absolute atomic E-state index is 12.0. The minimum atomic E-state index is -0.496. The minimum absolute atomic E-state index is 0. The van der Waals surface area contributed by atoms with Gasteiger partial charge in [-0.15, -0.1) is 24.0 Å². The Morgan fingerprint density at radius 2 is 1.84 bits per heavy atom. The molecule has 0 heterocycles. The number of nitrogens with zero attached hydrogens (tertiary/aromatic N) is 1. The quantitative estimate of drug-likeness (QED) is 0.228. The van der Waals surface area contributed by atoms with E-state index in [4.69, 9.17) is 4.74 Å². The molecule has 0 fully saturated rings. The van der Waals surface area contributed by atoms with E-state index in [2.05, 4.69) is 20.9 Å². The van der Waals surface area contributed by atoms with Gasteiger partial charge in [0.05, 0.1) is 12.0 Å². The van der Waals surface area contributed by atoms with Gasteiger partial charge in [0.1, 0.15) is 5.75 Å². The smallest absolute Gasteiger partial charge is 0.227 e. The van der Waals surface area contributed by atoms with E-state index in [9.17, 15) is 4.79 Å². The van der Waals surface area contributed by atoms with Crippen molar-refractivity contribution in [2.24, 2.45) is 10.4 Å². The Balaban J connectivity index is 0.00000576. The van der Waals surface area contributed by atoms with Crippen molar-refractivity contribution in [1.29, 1.82) is 0 Å². The van der Waals surface area contributed by atoms with Gasteiger partial charge in [0.15, 0.2) is 5.96 Å². The van der Waals surface area contributed by atoms with E-state index in [-0.39, 0.29) is 29.9 Å². The Morgan fingerprint density at radius 1 is 1.16 bits per heavy atom. The van der Waals surface area contributed by atoms with Crippen LogP contribution in [-0.4, -0.2) is 45.2 Å². The molecule has 3 N–H and O–H groups in total. The summed E-state index contributed by atoms with van der Waals surface area (Å²) in [7, 11) is 1.72. The van der Waals surface area contributed by atoms with Gasteiger partial charge in [0, 0.05) is 26.7 Å². The van der Waals surface area contributed by atoms with Gasteiger partial charge >= 0.3 is 0 Å². The van der Waals surface area contributed by atoms with Crippen molar-refractivity contribution in [1.82, 2.24) is 16.0 Å². The second-order valence-electron chi connectivity index (χ2n) is 6.11. The van der Waals surface area contributed by atoms with Gasteiger partial charge in [-0.1, -0.05) is 18.2 Å². The molecule has 0 saturated carbocycles. The third kappa shape index (κ3) is 9.52. The maximum atomic E-state index is 12.0. The molecule has 0 aliphatic rings. The van der Waals surface area contributed by atoms with Crippen LogP contribution >= 0.6 is 24.0 Å². The van der Waals surface area contributed by atoms with Gasteiger partial charge < -0.3 is 20.7 Å². The highest BCUT2D eigenvalue weighted by atomic mass is 127. The molecule has 1 rings (SSSR count). The van der Waals surface area contributed by atoms with E-state index in [0.29, 0.717) is 25.7 Å². The summed E-state index contributed by atoms with van der Waals surface area (Å²) in [6, 6.07) is 9.76. The van der Waals surface area contributed by atoms with Crippen molar-refractivity contribution in [2.45, 2.75) is 27.2 Å². The highest BCUT2D eigenvalue weighted by molar-refractivity contribution is 14.0. The zero-order valence-electron chi connectivity index (χ0n) is 15.6. The lowest BCUT2D eigenvalue weighted by Crippen LogP contribution is -2.48. The zero-order valence-corrected chi connectivity index (χ0v) is 17.9. The second kappa shape index (κ2) is 12.8. The van der Waals surface area contributed by atoms with Crippen LogP contribution in [0.3, 0.4) is 0 Å². The molecule has 0 aromatic heterocycles. The number of halogens is 1. The van der Waals surface area contributed by atoms with E-state index >= 15 is 0 Å². The molecule has 1 amide bonds. The van der Waals surface area contributed by atoms with Crippen LogP contribution in [0.5, 0.6) is 5.75 Å². The lowest BCUT2D eigenvalue weighted by atomic mass is 9.92. The predicted molar refractivity (Wildman–Crippen MR) is 114 cm³/mol. The Labute approximate surface area is 168 Å². The number of guanidine groups is 1. The number of ether oxygens (including phenoxy) is 1. The molecule has 1 aromatic rings. The molecular weight excluding hydrogens is 431 g/mol. The van der Waals surface area contributed by atoms with Crippen LogP contribution in [0, 0.1) is 5.41 Å². The lowest BCUT2D eigenvalue weighted by molar-refractivity contribution is -0.128. The molecule has 0 unspecified atom stereocenters. The van der Waals surface area contributed by atoms with Crippen molar-refractivity contribution in [3.63, 3.8) is 0 Å². The summed E-state index contributed by atoms with van der Waals surface area (Å²) in [6.07, 6.45) is 0.856. The number of nitrogens with one attached hydrogen (secondary N) is 3. The molecule has 7 heteroatoms. The lowest BCUT2D eigenvalue weighted by Gasteiger charge is -2.24. The van der Waals surface area contributed by atoms with Gasteiger partial charge in [-0.05, 0) is 39.3 Å². The largest absolute Gasteiger partial charge is 0.494 e. The highest BCUT2D eigenvalue weighted by Crippen LogP contribution is 2.13. The normalized spacial score (nSPS) is 11.3. The Hall–Kier alpha value is -1.51. The van der Waals surface area contributed by atoms with E-state index in [1.807, 2.05) is 51.1 Å². The summed E-state index contributed by atoms with van der Waals surface area (Å²) in [5.74, 6) is 1.60. The number of hydrogen-bond donors (Lipinski definition) is 3. The van der Waals surface area contributed by atoms with E-state index in [0.717, 1.165) is 18.7 Å². The number of aliphatic imine (C=N–C) groups is 1. The topological polar surface area (TPSA) is 74.8 Å². The minimum Gasteiger partial charge on any atom is -0.494 e. The fourth-order valence-electron chi connectivity index (χ4n) is 1.99. The number of carbonyl (C=O) groups is 1. The van der Waals surface area contributed by atoms with Crippen molar-refractivity contribution in [2.75, 3.05) is 33.3 Å². The van der Waals surface area contributed by atoms with Crippen LogP contribution in [0.4, 0.5) is 0 Å². The SMILES string of the molecule is CCNC(=O)C(C)(C)CNC(=NC)NCCCOc1ccccc1.I. The van der Waals surface area contributed by atoms with E-state index in [1.54, 1.807) is 7.05 Å². The van der Waals surface area contributed by atoms with Crippen molar-refractivity contribution >= 4 is 35.8 Å². The molecule has 142 valence electrons. The second-order valence-corrected chi connectivity index (χ2v) is 6.11. The van der Waals surface area contributed by atoms with Crippen LogP contribution < -0.4 is 20.7 Å². The highest BCUT2D eigenvalue weighted by Gasteiger charge is 2.27. The van der Waals surface area contributed by atoms with Gasteiger partial charge in [0.25, 0.3) is 0 Å². The van der Waals surface area contributed by atoms with Gasteiger partial charge in [0.2, 0.25) is 5.91 Å². The molecule has 1 aromatic carbocycles. The molecule has 0 radical (unpaired) electrons. The first kappa shape index (κ1) is 23.5. The van der Waals surface area contributed by atoms with Gasteiger partial charge in [-0.25, -0.2) is 0 Å². The summed E-state index contributed by atoms with van der Waals surface area (Å²) in [4.78, 5) is 16.1. The fourth-order valence-corrected chi connectivity index (χ4v) is 1.99. The van der Waals surface area contributed by atoms with E-state index < -0.39 is 5.41 Å². The summed E-state index contributed by atoms with van der Waals surface area (Å²) < 4.78 is 5.64. The standard InChI is InChI=1S/C18H30N4O2.HI/c1-5-20-16(23)18(2,3)14-22-17(19-4)21-12-9-13-24-15-10-7-6-8-11-15;/h6-8,10-11H,5,9,12-14H2,1-4H3,(H,20,23)(H2,19,21,22);1H. The first-order valence-corrected chi connectivity index (χ1v) is 8.40. The van der Waals surface area contributed by atoms with Crippen molar-refractivity contribution < 1.29 is 9.53 Å². The van der Waals surface area contributed by atoms with Crippen molar-refractivity contribution in [3.05, 3.63) is 30.3 Å². The summed E-state index contributed by atoms with van der Waals surface area (Å²) in [6.45, 7) is 8.26. The maximum Gasteiger partial charge on any atom is 0.227 e. The van der Waals surface area contributed by atoms with Crippen LogP contribution in [-0.2, 0) is 4.79 Å². The van der Waals surface area contributed by atoms with E-state index in [1.165, 1.54) is 0 Å². The van der Waals surface area contributed by atoms with Gasteiger partial charge in [-0.2, -0.15) is 0 Å². The molecule has 0 bridgehead atoms. The van der Waals surface area contributed by atoms with Crippen molar-refractivity contribution in [3.8, 4) is 5.75 Å². The molecule has 6 nitrogen and oxygen atoms in total. The molecule has 0 saturated heterocycles. The van der Waals surface area contributed by atoms with Crippen LogP contribution in [0.2, 0.25) is 0 Å². The monoisotopic (exact) mass is 462 g/mol. The summed E-state index contributed by atoms with van der Waals surface area (Å²) in [5.41, 5.74) is -0.496. The van der Waals surface area contributed by atoms with Crippen LogP contribution in [0.1, 0.15) is 27.2 Å². The number of rotatable bonds is 9. The summed E-state index contributed by atoms with van der Waals surface area (Å²) >= 11 is 0. The molecule has 25 heavy (non-hydrogen) atoms. The molecular formula is C18H31IN4O2. The number of hydrogen-bond acceptors (Lipinski definition) is 3. The first-order chi connectivity index (χ1) is 11.5. The molecule has 0 aliphatic carbocycles. The van der Waals surface area contributed by atoms with Crippen LogP contribution in [0.15, 0.2) is 35.3 Å². The number of carbonyl (C=O) groups excluding carboxylic acids is 1. The fraction of sp³-hybridized carbons (Fsp3) is 0.556. The molecule has 0 spiro atoms. The first-order valence-electron chi connectivity index (χ1n) is 8.40. The predicted octanol–water partition coefficient (Wildman–Crippen LogP) is 2.40. The van der Waals surface area contributed by atoms with Crippen LogP contribution in [0.25, 0.3) is 0 Å². The average Bonchev–Trinajstić information content (AvgIpc) is 2.58. The zero-order chi connectivity index (χ0) is 17.8. The Kier molecular flexibility index (Phi) is 12.0. The number of benzene rings is 1. The summed E-state index contributed by atoms with van der Waals surface area (Å²) in [5, 5.41) is 9.27. The third-order valence-electron chi connectivity index (χ3n) is 3.50. The molecule has 0 atom stereocenters. The Morgan fingerprint density at radius 3 is 2.44 bits per heavy atom. The average molecular weight is 462 g/mol. The third-order valence-corrected chi connectivity index (χ3v) is 3.50. The number of para-hydroxylation sites is 1. The molecule has 0 aliphatic heterocycles. The Bertz CT molecular complexity index is 521. The number of amides is 1.